The van der Waals surface area contributed by atoms with Gasteiger partial charge in [-0.3, -0.25) is 0 Å². The zero-order valence-corrected chi connectivity index (χ0v) is 11.6. The lowest BCUT2D eigenvalue weighted by Gasteiger charge is -2.17. The maximum absolute atomic E-state index is 13.7. The molecule has 0 heterocycles. The highest BCUT2D eigenvalue weighted by Crippen LogP contribution is 2.23. The van der Waals surface area contributed by atoms with E-state index in [1.165, 1.54) is 18.9 Å². The van der Waals surface area contributed by atoms with Gasteiger partial charge < -0.3 is 5.32 Å². The second-order valence-corrected chi connectivity index (χ2v) is 5.71. The molecule has 1 atom stereocenters. The van der Waals surface area contributed by atoms with E-state index < -0.39 is 0 Å². The number of hydrogen-bond donors (Lipinski definition) is 1. The van der Waals surface area contributed by atoms with Gasteiger partial charge in [-0.25, -0.2) is 4.39 Å². The Morgan fingerprint density at radius 1 is 1.44 bits per heavy atom. The lowest BCUT2D eigenvalue weighted by Crippen LogP contribution is -2.26. The summed E-state index contributed by atoms with van der Waals surface area (Å²) >= 11 is 5.93. The van der Waals surface area contributed by atoms with Crippen molar-refractivity contribution in [1.82, 2.24) is 5.32 Å². The average Bonchev–Trinajstić information content (AvgIpc) is 3.15. The Morgan fingerprint density at radius 2 is 2.22 bits per heavy atom. The summed E-state index contributed by atoms with van der Waals surface area (Å²) in [6.07, 6.45) is 5.64. The highest BCUT2D eigenvalue weighted by atomic mass is 35.5. The summed E-state index contributed by atoms with van der Waals surface area (Å²) in [4.78, 5) is 0. The van der Waals surface area contributed by atoms with Crippen LogP contribution in [0.15, 0.2) is 18.2 Å². The Kier molecular flexibility index (Phi) is 5.02. The van der Waals surface area contributed by atoms with Gasteiger partial charge in [0.1, 0.15) is 5.82 Å². The van der Waals surface area contributed by atoms with Crippen molar-refractivity contribution in [3.05, 3.63) is 34.6 Å². The number of halogens is 2. The molecular formula is C15H21ClFN. The molecule has 0 aliphatic heterocycles. The fourth-order valence-electron chi connectivity index (χ4n) is 2.32. The van der Waals surface area contributed by atoms with Crippen molar-refractivity contribution in [3.8, 4) is 0 Å². The highest BCUT2D eigenvalue weighted by Gasteiger charge is 2.22. The summed E-state index contributed by atoms with van der Waals surface area (Å²) in [6.45, 7) is 3.17. The Morgan fingerprint density at radius 3 is 2.89 bits per heavy atom. The summed E-state index contributed by atoms with van der Waals surface area (Å²) in [6, 6.07) is 5.55. The van der Waals surface area contributed by atoms with Crippen LogP contribution in [0.2, 0.25) is 5.02 Å². The van der Waals surface area contributed by atoms with Crippen molar-refractivity contribution in [2.75, 3.05) is 6.54 Å². The molecule has 18 heavy (non-hydrogen) atoms. The molecule has 0 aromatic heterocycles. The summed E-state index contributed by atoms with van der Waals surface area (Å²) in [5, 5.41) is 4.16. The first-order valence-corrected chi connectivity index (χ1v) is 7.24. The van der Waals surface area contributed by atoms with Gasteiger partial charge in [0.25, 0.3) is 0 Å². The first-order valence-electron chi connectivity index (χ1n) is 6.86. The predicted molar refractivity (Wildman–Crippen MR) is 74.5 cm³/mol. The van der Waals surface area contributed by atoms with E-state index >= 15 is 0 Å². The molecule has 1 fully saturated rings. The Hall–Kier alpha value is -0.600. The molecule has 0 spiro atoms. The quantitative estimate of drug-likeness (QED) is 0.783. The molecule has 1 aliphatic rings. The molecule has 100 valence electrons. The third kappa shape index (κ3) is 4.25. The lowest BCUT2D eigenvalue weighted by molar-refractivity contribution is 0.430. The van der Waals surface area contributed by atoms with Gasteiger partial charge in [0, 0.05) is 11.1 Å². The molecule has 1 N–H and O–H groups in total. The van der Waals surface area contributed by atoms with Gasteiger partial charge in [-0.15, -0.1) is 0 Å². The van der Waals surface area contributed by atoms with Crippen LogP contribution in [0.4, 0.5) is 4.39 Å². The smallest absolute Gasteiger partial charge is 0.126 e. The molecule has 1 aromatic carbocycles. The van der Waals surface area contributed by atoms with Gasteiger partial charge in [0.2, 0.25) is 0 Å². The second kappa shape index (κ2) is 6.53. The fraction of sp³-hybridized carbons (Fsp3) is 0.600. The van der Waals surface area contributed by atoms with E-state index in [9.17, 15) is 4.39 Å². The average molecular weight is 270 g/mol. The van der Waals surface area contributed by atoms with Gasteiger partial charge in [-0.05, 0) is 61.9 Å². The molecule has 1 aliphatic carbocycles. The van der Waals surface area contributed by atoms with Crippen LogP contribution < -0.4 is 5.32 Å². The zero-order valence-electron chi connectivity index (χ0n) is 10.9. The van der Waals surface area contributed by atoms with Gasteiger partial charge >= 0.3 is 0 Å². The molecule has 1 saturated carbocycles. The summed E-state index contributed by atoms with van der Waals surface area (Å²) in [7, 11) is 0. The van der Waals surface area contributed by atoms with Crippen molar-refractivity contribution >= 4 is 11.6 Å². The van der Waals surface area contributed by atoms with Crippen molar-refractivity contribution in [1.29, 1.82) is 0 Å². The van der Waals surface area contributed by atoms with E-state index in [1.807, 2.05) is 0 Å². The first-order chi connectivity index (χ1) is 8.69. The van der Waals surface area contributed by atoms with Crippen molar-refractivity contribution in [3.63, 3.8) is 0 Å². The number of hydrogen-bond acceptors (Lipinski definition) is 1. The molecule has 1 aromatic rings. The summed E-state index contributed by atoms with van der Waals surface area (Å²) < 4.78 is 13.7. The molecule has 3 heteroatoms. The van der Waals surface area contributed by atoms with Crippen LogP contribution in [0, 0.1) is 11.7 Å². The van der Waals surface area contributed by atoms with Crippen LogP contribution >= 0.6 is 11.6 Å². The maximum atomic E-state index is 13.7. The summed E-state index contributed by atoms with van der Waals surface area (Å²) in [5.41, 5.74) is 0.749. The minimum absolute atomic E-state index is 0.132. The van der Waals surface area contributed by atoms with Crippen LogP contribution in [-0.4, -0.2) is 12.6 Å². The van der Waals surface area contributed by atoms with Crippen molar-refractivity contribution < 1.29 is 4.39 Å². The molecule has 1 unspecified atom stereocenters. The maximum Gasteiger partial charge on any atom is 0.126 e. The first kappa shape index (κ1) is 13.8. The van der Waals surface area contributed by atoms with E-state index in [0.29, 0.717) is 17.0 Å². The minimum Gasteiger partial charge on any atom is -0.314 e. The highest BCUT2D eigenvalue weighted by molar-refractivity contribution is 6.30. The Balaban J connectivity index is 1.94. The van der Waals surface area contributed by atoms with Gasteiger partial charge in [0.15, 0.2) is 0 Å². The Bertz CT molecular complexity index is 390. The number of nitrogens with one attached hydrogen (secondary N) is 1. The standard InChI is InChI=1S/C15H21ClFN/c1-2-3-11(10-18-14-5-6-14)8-12-9-13(16)4-7-15(12)17/h4,7,9,11,14,18H,2-3,5-6,8,10H2,1H3. The topological polar surface area (TPSA) is 12.0 Å². The normalized spacial score (nSPS) is 16.8. The molecule has 2 rings (SSSR count). The van der Waals surface area contributed by atoms with E-state index in [2.05, 4.69) is 12.2 Å². The largest absolute Gasteiger partial charge is 0.314 e. The molecule has 0 amide bonds. The SMILES string of the molecule is CCCC(CNC1CC1)Cc1cc(Cl)ccc1F. The molecule has 0 bridgehead atoms. The van der Waals surface area contributed by atoms with E-state index in [0.717, 1.165) is 31.4 Å². The predicted octanol–water partition coefficient (Wildman–Crippen LogP) is 4.19. The summed E-state index contributed by atoms with van der Waals surface area (Å²) in [5.74, 6) is 0.371. The van der Waals surface area contributed by atoms with Gasteiger partial charge in [-0.1, -0.05) is 24.9 Å². The van der Waals surface area contributed by atoms with Crippen LogP contribution in [-0.2, 0) is 6.42 Å². The van der Waals surface area contributed by atoms with Crippen molar-refractivity contribution in [2.45, 2.75) is 45.1 Å². The minimum atomic E-state index is -0.132. The van der Waals surface area contributed by atoms with E-state index in [-0.39, 0.29) is 5.82 Å². The van der Waals surface area contributed by atoms with E-state index in [1.54, 1.807) is 12.1 Å². The lowest BCUT2D eigenvalue weighted by atomic mass is 9.94. The van der Waals surface area contributed by atoms with E-state index in [4.69, 9.17) is 11.6 Å². The second-order valence-electron chi connectivity index (χ2n) is 5.28. The van der Waals surface area contributed by atoms with Gasteiger partial charge in [0.05, 0.1) is 0 Å². The number of rotatable bonds is 7. The third-order valence-electron chi connectivity index (χ3n) is 3.49. The number of benzene rings is 1. The third-order valence-corrected chi connectivity index (χ3v) is 3.72. The molecule has 0 radical (unpaired) electrons. The molecule has 1 nitrogen and oxygen atoms in total. The van der Waals surface area contributed by atoms with Gasteiger partial charge in [-0.2, -0.15) is 0 Å². The van der Waals surface area contributed by atoms with Crippen LogP contribution in [0.3, 0.4) is 0 Å². The molecular weight excluding hydrogens is 249 g/mol. The fourth-order valence-corrected chi connectivity index (χ4v) is 2.51. The Labute approximate surface area is 114 Å². The molecule has 0 saturated heterocycles. The zero-order chi connectivity index (χ0) is 13.0. The van der Waals surface area contributed by atoms with Crippen LogP contribution in [0.1, 0.15) is 38.2 Å². The van der Waals surface area contributed by atoms with Crippen molar-refractivity contribution in [2.24, 2.45) is 5.92 Å². The monoisotopic (exact) mass is 269 g/mol. The van der Waals surface area contributed by atoms with Crippen LogP contribution in [0.25, 0.3) is 0 Å². The van der Waals surface area contributed by atoms with Crippen LogP contribution in [0.5, 0.6) is 0 Å².